The number of anilines is 1. The number of aromatic nitrogens is 1. The Balaban J connectivity index is 1.67. The Morgan fingerprint density at radius 2 is 1.73 bits per heavy atom. The zero-order valence-electron chi connectivity index (χ0n) is 16.7. The van der Waals surface area contributed by atoms with Gasteiger partial charge in [0.2, 0.25) is 0 Å². The van der Waals surface area contributed by atoms with Gasteiger partial charge < -0.3 is 10.1 Å². The third kappa shape index (κ3) is 5.36. The highest BCUT2D eigenvalue weighted by molar-refractivity contribution is 7.92. The molecule has 1 heterocycles. The fourth-order valence-corrected chi connectivity index (χ4v) is 3.83. The number of rotatable bonds is 8. The summed E-state index contributed by atoms with van der Waals surface area (Å²) in [5.74, 6) is 0.354. The fraction of sp³-hybridized carbons (Fsp3) is 0.182. The molecule has 30 heavy (non-hydrogen) atoms. The Hall–Kier alpha value is -3.39. The summed E-state index contributed by atoms with van der Waals surface area (Å²) >= 11 is 0. The molecule has 0 saturated heterocycles. The Kier molecular flexibility index (Phi) is 6.68. The quantitative estimate of drug-likeness (QED) is 0.573. The maximum atomic E-state index is 12.6. The van der Waals surface area contributed by atoms with E-state index in [1.54, 1.807) is 36.5 Å². The van der Waals surface area contributed by atoms with Gasteiger partial charge >= 0.3 is 0 Å². The summed E-state index contributed by atoms with van der Waals surface area (Å²) in [6, 6.07) is 17.6. The molecule has 1 aromatic heterocycles. The van der Waals surface area contributed by atoms with Gasteiger partial charge in [-0.1, -0.05) is 6.07 Å². The predicted molar refractivity (Wildman–Crippen MR) is 115 cm³/mol. The summed E-state index contributed by atoms with van der Waals surface area (Å²) in [6.45, 7) is 4.24. The molecule has 0 fully saturated rings. The number of nitrogens with one attached hydrogen (secondary N) is 2. The van der Waals surface area contributed by atoms with Gasteiger partial charge in [0.15, 0.2) is 0 Å². The molecule has 7 nitrogen and oxygen atoms in total. The lowest BCUT2D eigenvalue weighted by Crippen LogP contribution is -2.27. The number of pyridine rings is 1. The lowest BCUT2D eigenvalue weighted by atomic mass is 10.1. The molecule has 2 aromatic carbocycles. The molecule has 3 aromatic rings. The van der Waals surface area contributed by atoms with Crippen LogP contribution in [0.5, 0.6) is 5.75 Å². The molecule has 1 unspecified atom stereocenters. The Bertz CT molecular complexity index is 1080. The first kappa shape index (κ1) is 21.3. The first-order valence-corrected chi connectivity index (χ1v) is 10.9. The highest BCUT2D eigenvalue weighted by Gasteiger charge is 2.17. The first-order chi connectivity index (χ1) is 14.4. The van der Waals surface area contributed by atoms with Crippen LogP contribution in [0.2, 0.25) is 0 Å². The molecule has 3 rings (SSSR count). The first-order valence-electron chi connectivity index (χ1n) is 9.46. The van der Waals surface area contributed by atoms with Gasteiger partial charge in [0, 0.05) is 17.4 Å². The van der Waals surface area contributed by atoms with E-state index in [0.29, 0.717) is 23.6 Å². The van der Waals surface area contributed by atoms with Crippen LogP contribution in [0.25, 0.3) is 0 Å². The van der Waals surface area contributed by atoms with Crippen LogP contribution in [0.4, 0.5) is 5.69 Å². The van der Waals surface area contributed by atoms with E-state index in [-0.39, 0.29) is 16.8 Å². The Morgan fingerprint density at radius 1 is 1.03 bits per heavy atom. The molecule has 0 aliphatic carbocycles. The summed E-state index contributed by atoms with van der Waals surface area (Å²) < 4.78 is 33.1. The van der Waals surface area contributed by atoms with E-state index in [2.05, 4.69) is 15.0 Å². The van der Waals surface area contributed by atoms with Gasteiger partial charge in [-0.3, -0.25) is 14.5 Å². The van der Waals surface area contributed by atoms with Gasteiger partial charge in [0.1, 0.15) is 5.75 Å². The third-order valence-electron chi connectivity index (χ3n) is 4.32. The largest absolute Gasteiger partial charge is 0.494 e. The zero-order chi connectivity index (χ0) is 21.6. The second-order valence-corrected chi connectivity index (χ2v) is 8.22. The van der Waals surface area contributed by atoms with Gasteiger partial charge in [0.25, 0.3) is 15.9 Å². The molecular weight excluding hydrogens is 402 g/mol. The Morgan fingerprint density at radius 3 is 2.33 bits per heavy atom. The highest BCUT2D eigenvalue weighted by atomic mass is 32.2. The molecule has 8 heteroatoms. The van der Waals surface area contributed by atoms with Crippen molar-refractivity contribution in [2.75, 3.05) is 11.3 Å². The number of carbonyl (C=O) groups is 1. The molecule has 0 spiro atoms. The van der Waals surface area contributed by atoms with Crippen molar-refractivity contribution in [1.29, 1.82) is 0 Å². The number of ether oxygens (including phenoxy) is 1. The predicted octanol–water partition coefficient (Wildman–Crippen LogP) is 3.77. The van der Waals surface area contributed by atoms with Crippen LogP contribution in [0, 0.1) is 0 Å². The van der Waals surface area contributed by atoms with E-state index in [4.69, 9.17) is 4.74 Å². The number of hydrogen-bond donors (Lipinski definition) is 2. The van der Waals surface area contributed by atoms with E-state index in [1.807, 2.05) is 26.0 Å². The van der Waals surface area contributed by atoms with E-state index in [9.17, 15) is 13.2 Å². The number of hydrogen-bond acceptors (Lipinski definition) is 5. The van der Waals surface area contributed by atoms with Gasteiger partial charge in [-0.25, -0.2) is 8.42 Å². The van der Waals surface area contributed by atoms with Crippen molar-refractivity contribution >= 4 is 21.6 Å². The molecule has 156 valence electrons. The maximum absolute atomic E-state index is 12.6. The second-order valence-electron chi connectivity index (χ2n) is 6.54. The summed E-state index contributed by atoms with van der Waals surface area (Å²) in [5.41, 5.74) is 1.52. The zero-order valence-corrected chi connectivity index (χ0v) is 17.5. The fourth-order valence-electron chi connectivity index (χ4n) is 2.77. The van der Waals surface area contributed by atoms with Crippen LogP contribution in [-0.2, 0) is 10.0 Å². The van der Waals surface area contributed by atoms with Crippen molar-refractivity contribution < 1.29 is 17.9 Å². The van der Waals surface area contributed by atoms with Gasteiger partial charge in [-0.2, -0.15) is 0 Å². The average molecular weight is 426 g/mol. The van der Waals surface area contributed by atoms with Gasteiger partial charge in [-0.05, 0) is 74.5 Å². The van der Waals surface area contributed by atoms with Crippen LogP contribution in [-0.4, -0.2) is 25.9 Å². The summed E-state index contributed by atoms with van der Waals surface area (Å²) in [6.07, 6.45) is 1.66. The van der Waals surface area contributed by atoms with Gasteiger partial charge in [-0.15, -0.1) is 0 Å². The molecule has 0 aliphatic rings. The third-order valence-corrected chi connectivity index (χ3v) is 5.72. The standard InChI is InChI=1S/C22H23N3O4S/c1-3-29-19-11-9-18(10-12-19)25-30(27,28)20-13-7-17(8-14-20)22(26)24-16(2)21-6-4-5-15-23-21/h4-16,25H,3H2,1-2H3,(H,24,26). The van der Waals surface area contributed by atoms with Crippen molar-refractivity contribution in [2.45, 2.75) is 24.8 Å². The minimum atomic E-state index is -3.78. The van der Waals surface area contributed by atoms with Crippen LogP contribution >= 0.6 is 0 Å². The summed E-state index contributed by atoms with van der Waals surface area (Å²) in [4.78, 5) is 16.7. The van der Waals surface area contributed by atoms with Crippen molar-refractivity contribution in [1.82, 2.24) is 10.3 Å². The molecule has 1 amide bonds. The molecule has 0 saturated carbocycles. The van der Waals surface area contributed by atoms with Crippen molar-refractivity contribution in [3.05, 3.63) is 84.2 Å². The Labute approximate surface area is 176 Å². The molecule has 1 atom stereocenters. The molecule has 2 N–H and O–H groups in total. The van der Waals surface area contributed by atoms with Crippen LogP contribution in [0.15, 0.2) is 77.8 Å². The van der Waals surface area contributed by atoms with E-state index >= 15 is 0 Å². The van der Waals surface area contributed by atoms with E-state index in [0.717, 1.165) is 5.69 Å². The van der Waals surface area contributed by atoms with E-state index in [1.165, 1.54) is 24.3 Å². The normalized spacial score (nSPS) is 12.1. The average Bonchev–Trinajstić information content (AvgIpc) is 2.76. The van der Waals surface area contributed by atoms with Crippen molar-refractivity contribution in [3.63, 3.8) is 0 Å². The summed E-state index contributed by atoms with van der Waals surface area (Å²) in [7, 11) is -3.78. The second kappa shape index (κ2) is 9.41. The van der Waals surface area contributed by atoms with Gasteiger partial charge in [0.05, 0.1) is 23.2 Å². The SMILES string of the molecule is CCOc1ccc(NS(=O)(=O)c2ccc(C(=O)NC(C)c3ccccn3)cc2)cc1. The van der Waals surface area contributed by atoms with Crippen molar-refractivity contribution in [2.24, 2.45) is 0 Å². The number of nitrogens with zero attached hydrogens (tertiary/aromatic N) is 1. The number of benzene rings is 2. The van der Waals surface area contributed by atoms with E-state index < -0.39 is 10.0 Å². The molecule has 0 radical (unpaired) electrons. The van der Waals surface area contributed by atoms with Crippen LogP contribution < -0.4 is 14.8 Å². The number of sulfonamides is 1. The topological polar surface area (TPSA) is 97.4 Å². The molecule has 0 aliphatic heterocycles. The number of amides is 1. The molecular formula is C22H23N3O4S. The monoisotopic (exact) mass is 425 g/mol. The number of carbonyl (C=O) groups excluding carboxylic acids is 1. The van der Waals surface area contributed by atoms with Crippen LogP contribution in [0.3, 0.4) is 0 Å². The van der Waals surface area contributed by atoms with Crippen LogP contribution in [0.1, 0.15) is 35.9 Å². The maximum Gasteiger partial charge on any atom is 0.261 e. The smallest absolute Gasteiger partial charge is 0.261 e. The summed E-state index contributed by atoms with van der Waals surface area (Å²) in [5, 5.41) is 2.85. The molecule has 0 bridgehead atoms. The minimum absolute atomic E-state index is 0.0608. The lowest BCUT2D eigenvalue weighted by molar-refractivity contribution is 0.0939. The lowest BCUT2D eigenvalue weighted by Gasteiger charge is -2.14. The highest BCUT2D eigenvalue weighted by Crippen LogP contribution is 2.20. The minimum Gasteiger partial charge on any atom is -0.494 e. The van der Waals surface area contributed by atoms with Crippen molar-refractivity contribution in [3.8, 4) is 5.75 Å².